The van der Waals surface area contributed by atoms with Crippen LogP contribution < -0.4 is 4.90 Å². The molecular weight excluding hydrogens is 428 g/mol. The van der Waals surface area contributed by atoms with Gasteiger partial charge in [-0.2, -0.15) is 0 Å². The summed E-state index contributed by atoms with van der Waals surface area (Å²) in [5, 5.41) is 21.7. The van der Waals surface area contributed by atoms with Crippen molar-refractivity contribution in [1.82, 2.24) is 14.9 Å². The van der Waals surface area contributed by atoms with Crippen LogP contribution in [0.3, 0.4) is 0 Å². The van der Waals surface area contributed by atoms with Crippen molar-refractivity contribution in [3.63, 3.8) is 0 Å². The van der Waals surface area contributed by atoms with Crippen LogP contribution in [0.4, 0.5) is 17.2 Å². The van der Waals surface area contributed by atoms with E-state index in [4.69, 9.17) is 0 Å². The lowest BCUT2D eigenvalue weighted by Crippen LogP contribution is -2.49. The van der Waals surface area contributed by atoms with Gasteiger partial charge in [0, 0.05) is 73.3 Å². The van der Waals surface area contributed by atoms with Gasteiger partial charge in [-0.3, -0.25) is 25.0 Å². The molecule has 0 atom stereocenters. The normalized spacial score (nSPS) is 13.6. The van der Waals surface area contributed by atoms with Gasteiger partial charge in [-0.1, -0.05) is 0 Å². The highest BCUT2D eigenvalue weighted by Gasteiger charge is 2.24. The average molecular weight is 448 g/mol. The van der Waals surface area contributed by atoms with Crippen LogP contribution in [0.25, 0.3) is 11.4 Å². The number of amides is 1. The van der Waals surface area contributed by atoms with E-state index in [1.807, 2.05) is 13.0 Å². The molecule has 0 unspecified atom stereocenters. The smallest absolute Gasteiger partial charge is 0.269 e. The van der Waals surface area contributed by atoms with Crippen LogP contribution in [0.2, 0.25) is 0 Å². The van der Waals surface area contributed by atoms with Gasteiger partial charge < -0.3 is 9.80 Å². The third-order valence-electron chi connectivity index (χ3n) is 5.39. The lowest BCUT2D eigenvalue weighted by Gasteiger charge is -2.35. The number of hydrogen-bond donors (Lipinski definition) is 0. The number of hydrogen-bond acceptors (Lipinski definition) is 8. The lowest BCUT2D eigenvalue weighted by atomic mass is 10.1. The number of nitro benzene ring substituents is 2. The Balaban J connectivity index is 1.45. The summed E-state index contributed by atoms with van der Waals surface area (Å²) < 4.78 is 0. The Morgan fingerprint density at radius 1 is 0.848 bits per heavy atom. The Labute approximate surface area is 188 Å². The minimum absolute atomic E-state index is 0.000404. The summed E-state index contributed by atoms with van der Waals surface area (Å²) in [6.45, 7) is 3.94. The number of anilines is 1. The molecule has 3 aromatic rings. The number of aromatic nitrogens is 2. The molecule has 1 aliphatic rings. The predicted octanol–water partition coefficient (Wildman–Crippen LogP) is 3.23. The van der Waals surface area contributed by atoms with E-state index in [2.05, 4.69) is 14.9 Å². The summed E-state index contributed by atoms with van der Waals surface area (Å²) in [6, 6.07) is 13.5. The fraction of sp³-hybridized carbons (Fsp3) is 0.227. The van der Waals surface area contributed by atoms with E-state index in [1.165, 1.54) is 36.4 Å². The molecule has 168 valence electrons. The van der Waals surface area contributed by atoms with E-state index in [0.717, 1.165) is 11.5 Å². The summed E-state index contributed by atoms with van der Waals surface area (Å²) in [7, 11) is 0. The van der Waals surface area contributed by atoms with Crippen LogP contribution in [0.5, 0.6) is 0 Å². The monoisotopic (exact) mass is 448 g/mol. The Bertz CT molecular complexity index is 1200. The van der Waals surface area contributed by atoms with Crippen molar-refractivity contribution < 1.29 is 14.6 Å². The summed E-state index contributed by atoms with van der Waals surface area (Å²) in [4.78, 5) is 46.3. The predicted molar refractivity (Wildman–Crippen MR) is 120 cm³/mol. The third kappa shape index (κ3) is 4.76. The van der Waals surface area contributed by atoms with Crippen LogP contribution in [0.1, 0.15) is 16.1 Å². The zero-order valence-corrected chi connectivity index (χ0v) is 17.7. The number of aryl methyl sites for hydroxylation is 1. The van der Waals surface area contributed by atoms with Gasteiger partial charge in [-0.25, -0.2) is 9.97 Å². The van der Waals surface area contributed by atoms with Crippen LogP contribution in [0.15, 0.2) is 54.6 Å². The zero-order valence-electron chi connectivity index (χ0n) is 17.7. The van der Waals surface area contributed by atoms with Gasteiger partial charge >= 0.3 is 0 Å². The highest BCUT2D eigenvalue weighted by atomic mass is 16.6. The topological polar surface area (TPSA) is 136 Å². The summed E-state index contributed by atoms with van der Waals surface area (Å²) in [5.41, 5.74) is 1.79. The fourth-order valence-corrected chi connectivity index (χ4v) is 3.62. The average Bonchev–Trinajstić information content (AvgIpc) is 2.83. The van der Waals surface area contributed by atoms with Gasteiger partial charge in [0.25, 0.3) is 17.3 Å². The van der Waals surface area contributed by atoms with Crippen molar-refractivity contribution in [1.29, 1.82) is 0 Å². The lowest BCUT2D eigenvalue weighted by molar-refractivity contribution is -0.385. The first-order valence-corrected chi connectivity index (χ1v) is 10.2. The summed E-state index contributed by atoms with van der Waals surface area (Å²) in [5.74, 6) is 1.03. The van der Waals surface area contributed by atoms with E-state index in [9.17, 15) is 25.0 Å². The molecule has 0 spiro atoms. The molecule has 0 bridgehead atoms. The van der Waals surface area contributed by atoms with Gasteiger partial charge in [-0.05, 0) is 31.2 Å². The number of nitrogens with zero attached hydrogens (tertiary/aromatic N) is 6. The van der Waals surface area contributed by atoms with Crippen LogP contribution in [-0.4, -0.2) is 56.8 Å². The van der Waals surface area contributed by atoms with Gasteiger partial charge in [0.1, 0.15) is 5.82 Å². The molecule has 1 saturated heterocycles. The highest BCUT2D eigenvalue weighted by molar-refractivity contribution is 5.94. The van der Waals surface area contributed by atoms with Crippen LogP contribution >= 0.6 is 0 Å². The number of carbonyl (C=O) groups excluding carboxylic acids is 1. The summed E-state index contributed by atoms with van der Waals surface area (Å²) >= 11 is 0. The van der Waals surface area contributed by atoms with Crippen LogP contribution in [0, 0.1) is 27.2 Å². The maximum Gasteiger partial charge on any atom is 0.269 e. The fourth-order valence-electron chi connectivity index (χ4n) is 3.62. The van der Waals surface area contributed by atoms with Crippen molar-refractivity contribution >= 4 is 23.1 Å². The van der Waals surface area contributed by atoms with E-state index in [1.54, 1.807) is 17.0 Å². The third-order valence-corrected chi connectivity index (χ3v) is 5.39. The molecule has 11 nitrogen and oxygen atoms in total. The molecule has 0 radical (unpaired) electrons. The molecule has 11 heteroatoms. The second-order valence-corrected chi connectivity index (χ2v) is 7.58. The quantitative estimate of drug-likeness (QED) is 0.429. The van der Waals surface area contributed by atoms with Crippen molar-refractivity contribution in [2.24, 2.45) is 0 Å². The van der Waals surface area contributed by atoms with Crippen molar-refractivity contribution in [3.8, 4) is 11.4 Å². The van der Waals surface area contributed by atoms with E-state index in [-0.39, 0.29) is 17.3 Å². The Morgan fingerprint density at radius 3 is 1.94 bits per heavy atom. The molecule has 1 aromatic heterocycles. The van der Waals surface area contributed by atoms with E-state index < -0.39 is 9.85 Å². The maximum atomic E-state index is 12.8. The number of rotatable bonds is 5. The maximum absolute atomic E-state index is 12.8. The molecule has 2 heterocycles. The van der Waals surface area contributed by atoms with E-state index in [0.29, 0.717) is 43.1 Å². The summed E-state index contributed by atoms with van der Waals surface area (Å²) in [6.07, 6.45) is 0. The first-order valence-electron chi connectivity index (χ1n) is 10.2. The van der Waals surface area contributed by atoms with E-state index >= 15 is 0 Å². The Kier molecular flexibility index (Phi) is 5.94. The standard InChI is InChI=1S/C22H20N6O5/c1-15-14-20(24-21(23-15)16-2-6-18(7-3-16)27(30)31)25-10-12-26(13-11-25)22(29)17-4-8-19(9-5-17)28(32)33/h2-9,14H,10-13H2,1H3. The van der Waals surface area contributed by atoms with Crippen molar-refractivity contribution in [3.05, 3.63) is 86.1 Å². The minimum atomic E-state index is -0.498. The van der Waals surface area contributed by atoms with Crippen molar-refractivity contribution in [2.45, 2.75) is 6.92 Å². The molecule has 0 aliphatic carbocycles. The molecule has 4 rings (SSSR count). The first kappa shape index (κ1) is 21.8. The van der Waals surface area contributed by atoms with Gasteiger partial charge in [0.2, 0.25) is 0 Å². The second kappa shape index (κ2) is 8.99. The molecule has 1 fully saturated rings. The van der Waals surface area contributed by atoms with Crippen molar-refractivity contribution in [2.75, 3.05) is 31.1 Å². The Morgan fingerprint density at radius 2 is 1.39 bits per heavy atom. The van der Waals surface area contributed by atoms with Crippen LogP contribution in [-0.2, 0) is 0 Å². The molecule has 2 aromatic carbocycles. The number of carbonyl (C=O) groups is 1. The highest BCUT2D eigenvalue weighted by Crippen LogP contribution is 2.24. The number of piperazine rings is 1. The van der Waals surface area contributed by atoms with Gasteiger partial charge in [0.15, 0.2) is 5.82 Å². The van der Waals surface area contributed by atoms with Gasteiger partial charge in [0.05, 0.1) is 9.85 Å². The molecule has 33 heavy (non-hydrogen) atoms. The minimum Gasteiger partial charge on any atom is -0.353 e. The molecule has 0 saturated carbocycles. The number of benzene rings is 2. The molecular formula is C22H20N6O5. The number of non-ortho nitro benzene ring substituents is 2. The first-order chi connectivity index (χ1) is 15.8. The largest absolute Gasteiger partial charge is 0.353 e. The molecule has 1 amide bonds. The number of nitro groups is 2. The zero-order chi connectivity index (χ0) is 23.5. The second-order valence-electron chi connectivity index (χ2n) is 7.58. The molecule has 0 N–H and O–H groups in total. The SMILES string of the molecule is Cc1cc(N2CCN(C(=O)c3ccc([N+](=O)[O-])cc3)CC2)nc(-c2ccc([N+](=O)[O-])cc2)n1. The van der Waals surface area contributed by atoms with Gasteiger partial charge in [-0.15, -0.1) is 0 Å². The Hall–Kier alpha value is -4.41. The molecule has 1 aliphatic heterocycles.